The Morgan fingerprint density at radius 1 is 1.36 bits per heavy atom. The predicted molar refractivity (Wildman–Crippen MR) is 90.4 cm³/mol. The van der Waals surface area contributed by atoms with Gasteiger partial charge in [0.05, 0.1) is 0 Å². The summed E-state index contributed by atoms with van der Waals surface area (Å²) < 4.78 is 5.56. The van der Waals surface area contributed by atoms with Crippen LogP contribution in [0.1, 0.15) is 50.2 Å². The van der Waals surface area contributed by atoms with E-state index in [0.29, 0.717) is 12.5 Å². The fourth-order valence-corrected chi connectivity index (χ4v) is 2.41. The van der Waals surface area contributed by atoms with Crippen molar-refractivity contribution in [2.75, 3.05) is 25.1 Å². The number of urea groups is 1. The highest BCUT2D eigenvalue weighted by Crippen LogP contribution is 2.29. The van der Waals surface area contributed by atoms with Gasteiger partial charge >= 0.3 is 6.03 Å². The molecule has 1 aliphatic carbocycles. The van der Waals surface area contributed by atoms with Gasteiger partial charge in [0.2, 0.25) is 0 Å². The summed E-state index contributed by atoms with van der Waals surface area (Å²) in [6, 6.07) is 5.98. The van der Waals surface area contributed by atoms with Crippen LogP contribution in [-0.2, 0) is 4.74 Å². The van der Waals surface area contributed by atoms with E-state index in [1.54, 1.807) is 0 Å². The van der Waals surface area contributed by atoms with E-state index in [2.05, 4.69) is 30.5 Å². The Morgan fingerprint density at radius 2 is 2.14 bits per heavy atom. The zero-order chi connectivity index (χ0) is 15.9. The molecule has 0 radical (unpaired) electrons. The van der Waals surface area contributed by atoms with E-state index < -0.39 is 0 Å². The summed E-state index contributed by atoms with van der Waals surface area (Å²) >= 11 is 0. The largest absolute Gasteiger partial charge is 0.381 e. The highest BCUT2D eigenvalue weighted by Gasteiger charge is 2.20. The van der Waals surface area contributed by atoms with Gasteiger partial charge in [0.15, 0.2) is 0 Å². The first kappa shape index (κ1) is 16.8. The lowest BCUT2D eigenvalue weighted by molar-refractivity contribution is 0.122. The molecule has 122 valence electrons. The van der Waals surface area contributed by atoms with Crippen LogP contribution in [0.2, 0.25) is 0 Å². The SMILES string of the molecule is Cc1cccc(C(C)C)c1NC(=O)NCCCOCC1CC1. The van der Waals surface area contributed by atoms with Crippen molar-refractivity contribution in [1.82, 2.24) is 5.32 Å². The molecule has 0 spiro atoms. The summed E-state index contributed by atoms with van der Waals surface area (Å²) in [6.07, 6.45) is 3.48. The van der Waals surface area contributed by atoms with Gasteiger partial charge in [0, 0.05) is 25.4 Å². The van der Waals surface area contributed by atoms with Crippen LogP contribution in [0.3, 0.4) is 0 Å². The number of hydrogen-bond donors (Lipinski definition) is 2. The molecule has 1 saturated carbocycles. The summed E-state index contributed by atoms with van der Waals surface area (Å²) in [5, 5.41) is 5.89. The molecule has 4 nitrogen and oxygen atoms in total. The zero-order valence-electron chi connectivity index (χ0n) is 13.9. The number of benzene rings is 1. The van der Waals surface area contributed by atoms with Crippen LogP contribution in [0.4, 0.5) is 10.5 Å². The van der Waals surface area contributed by atoms with Crippen molar-refractivity contribution >= 4 is 11.7 Å². The highest BCUT2D eigenvalue weighted by molar-refractivity contribution is 5.91. The van der Waals surface area contributed by atoms with Gasteiger partial charge in [-0.25, -0.2) is 4.79 Å². The molecule has 1 aromatic carbocycles. The van der Waals surface area contributed by atoms with Crippen molar-refractivity contribution in [3.63, 3.8) is 0 Å². The van der Waals surface area contributed by atoms with Crippen LogP contribution in [0.25, 0.3) is 0 Å². The van der Waals surface area contributed by atoms with Crippen LogP contribution >= 0.6 is 0 Å². The molecule has 0 aliphatic heterocycles. The number of rotatable bonds is 8. The molecular formula is C18H28N2O2. The maximum absolute atomic E-state index is 12.0. The van der Waals surface area contributed by atoms with Crippen LogP contribution in [0.15, 0.2) is 18.2 Å². The van der Waals surface area contributed by atoms with Gasteiger partial charge in [-0.1, -0.05) is 32.0 Å². The number of carbonyl (C=O) groups excluding carboxylic acids is 1. The number of carbonyl (C=O) groups is 1. The maximum Gasteiger partial charge on any atom is 0.319 e. The van der Waals surface area contributed by atoms with Crippen molar-refractivity contribution in [1.29, 1.82) is 0 Å². The lowest BCUT2D eigenvalue weighted by atomic mass is 9.98. The number of hydrogen-bond acceptors (Lipinski definition) is 2. The molecular weight excluding hydrogens is 276 g/mol. The van der Waals surface area contributed by atoms with Crippen LogP contribution in [-0.4, -0.2) is 25.8 Å². The summed E-state index contributed by atoms with van der Waals surface area (Å²) in [4.78, 5) is 12.0. The monoisotopic (exact) mass is 304 g/mol. The van der Waals surface area contributed by atoms with E-state index in [4.69, 9.17) is 4.74 Å². The standard InChI is InChI=1S/C18H28N2O2/c1-13(2)16-7-4-6-14(3)17(16)20-18(21)19-10-5-11-22-12-15-8-9-15/h4,6-7,13,15H,5,8-12H2,1-3H3,(H2,19,20,21). The first-order valence-corrected chi connectivity index (χ1v) is 8.30. The molecule has 0 bridgehead atoms. The summed E-state index contributed by atoms with van der Waals surface area (Å²) in [5.41, 5.74) is 3.19. The maximum atomic E-state index is 12.0. The van der Waals surface area contributed by atoms with Gasteiger partial charge in [-0.3, -0.25) is 0 Å². The van der Waals surface area contributed by atoms with E-state index in [-0.39, 0.29) is 6.03 Å². The van der Waals surface area contributed by atoms with Gasteiger partial charge in [-0.2, -0.15) is 0 Å². The van der Waals surface area contributed by atoms with Crippen molar-refractivity contribution in [3.05, 3.63) is 29.3 Å². The van der Waals surface area contributed by atoms with E-state index in [0.717, 1.165) is 36.8 Å². The molecule has 1 aliphatic rings. The van der Waals surface area contributed by atoms with Crippen molar-refractivity contribution < 1.29 is 9.53 Å². The smallest absolute Gasteiger partial charge is 0.319 e. The average Bonchev–Trinajstić information content (AvgIpc) is 3.28. The van der Waals surface area contributed by atoms with E-state index in [1.807, 2.05) is 19.1 Å². The lowest BCUT2D eigenvalue weighted by Crippen LogP contribution is -2.30. The van der Waals surface area contributed by atoms with Crippen molar-refractivity contribution in [2.45, 2.75) is 46.0 Å². The number of nitrogens with one attached hydrogen (secondary N) is 2. The molecule has 22 heavy (non-hydrogen) atoms. The molecule has 0 atom stereocenters. The topological polar surface area (TPSA) is 50.4 Å². The second kappa shape index (κ2) is 8.18. The van der Waals surface area contributed by atoms with E-state index >= 15 is 0 Å². The van der Waals surface area contributed by atoms with Gasteiger partial charge in [-0.15, -0.1) is 0 Å². The fourth-order valence-electron chi connectivity index (χ4n) is 2.41. The summed E-state index contributed by atoms with van der Waals surface area (Å²) in [7, 11) is 0. The quantitative estimate of drug-likeness (QED) is 0.712. The van der Waals surface area contributed by atoms with Crippen molar-refractivity contribution in [2.24, 2.45) is 5.92 Å². The molecule has 1 aromatic rings. The van der Waals surface area contributed by atoms with Gasteiger partial charge in [-0.05, 0) is 49.1 Å². The van der Waals surface area contributed by atoms with Crippen LogP contribution in [0, 0.1) is 12.8 Å². The molecule has 1 fully saturated rings. The summed E-state index contributed by atoms with van der Waals surface area (Å²) in [6.45, 7) is 8.53. The lowest BCUT2D eigenvalue weighted by Gasteiger charge is -2.16. The van der Waals surface area contributed by atoms with Gasteiger partial charge < -0.3 is 15.4 Å². The van der Waals surface area contributed by atoms with E-state index in [9.17, 15) is 4.79 Å². The van der Waals surface area contributed by atoms with Gasteiger partial charge in [0.25, 0.3) is 0 Å². The Labute approximate surface area is 133 Å². The molecule has 2 amide bonds. The minimum Gasteiger partial charge on any atom is -0.381 e. The minimum atomic E-state index is -0.140. The molecule has 0 unspecified atom stereocenters. The average molecular weight is 304 g/mol. The van der Waals surface area contributed by atoms with Crippen LogP contribution < -0.4 is 10.6 Å². The number of aryl methyl sites for hydroxylation is 1. The number of para-hydroxylation sites is 1. The summed E-state index contributed by atoms with van der Waals surface area (Å²) in [5.74, 6) is 1.18. The Bertz CT molecular complexity index is 496. The van der Waals surface area contributed by atoms with Crippen LogP contribution in [0.5, 0.6) is 0 Å². The first-order valence-electron chi connectivity index (χ1n) is 8.30. The molecule has 0 saturated heterocycles. The molecule has 4 heteroatoms. The first-order chi connectivity index (χ1) is 10.6. The number of ether oxygens (including phenoxy) is 1. The highest BCUT2D eigenvalue weighted by atomic mass is 16.5. The second-order valence-electron chi connectivity index (χ2n) is 6.45. The second-order valence-corrected chi connectivity index (χ2v) is 6.45. The molecule has 0 aromatic heterocycles. The predicted octanol–water partition coefficient (Wildman–Crippen LogP) is 4.06. The van der Waals surface area contributed by atoms with E-state index in [1.165, 1.54) is 18.4 Å². The third-order valence-corrected chi connectivity index (χ3v) is 3.97. The zero-order valence-corrected chi connectivity index (χ0v) is 13.9. The van der Waals surface area contributed by atoms with Crippen molar-refractivity contribution in [3.8, 4) is 0 Å². The Balaban J connectivity index is 1.72. The fraction of sp³-hybridized carbons (Fsp3) is 0.611. The Kier molecular flexibility index (Phi) is 6.25. The Hall–Kier alpha value is -1.55. The minimum absolute atomic E-state index is 0.140. The Morgan fingerprint density at radius 3 is 2.82 bits per heavy atom. The number of amides is 2. The van der Waals surface area contributed by atoms with Gasteiger partial charge in [0.1, 0.15) is 0 Å². The normalized spacial score (nSPS) is 14.2. The molecule has 0 heterocycles. The third kappa shape index (κ3) is 5.34. The molecule has 2 N–H and O–H groups in total. The third-order valence-electron chi connectivity index (χ3n) is 3.97. The molecule has 2 rings (SSSR count). The number of anilines is 1.